The summed E-state index contributed by atoms with van der Waals surface area (Å²) >= 11 is 0. The number of anilines is 1. The predicted molar refractivity (Wildman–Crippen MR) is 119 cm³/mol. The molecule has 3 heteroatoms. The average Bonchev–Trinajstić information content (AvgIpc) is 2.64. The molecule has 2 aromatic rings. The van der Waals surface area contributed by atoms with Crippen LogP contribution in [0.5, 0.6) is 0 Å². The molecule has 2 atom stereocenters. The fourth-order valence-electron chi connectivity index (χ4n) is 3.80. The van der Waals surface area contributed by atoms with E-state index in [0.29, 0.717) is 23.7 Å². The van der Waals surface area contributed by atoms with Gasteiger partial charge in [-0.1, -0.05) is 53.7 Å². The standard InChI is InChI=1S/C25H37FN2/c1-16(2)24-22(15-23(28(7)8)25(27-24)17(3)4)19(6)10-9-18(5)20-11-13-21(26)14-12-20/h11-19H,9-10H2,1-8H3. The molecule has 1 aromatic heterocycles. The molecule has 0 bridgehead atoms. The lowest BCUT2D eigenvalue weighted by Crippen LogP contribution is -2.17. The molecule has 0 saturated heterocycles. The minimum absolute atomic E-state index is 0.168. The lowest BCUT2D eigenvalue weighted by atomic mass is 9.86. The Kier molecular flexibility index (Phi) is 7.63. The summed E-state index contributed by atoms with van der Waals surface area (Å²) in [6.45, 7) is 13.4. The maximum atomic E-state index is 13.2. The second-order valence-electron chi connectivity index (χ2n) is 9.00. The molecule has 0 radical (unpaired) electrons. The summed E-state index contributed by atoms with van der Waals surface area (Å²) in [4.78, 5) is 7.31. The van der Waals surface area contributed by atoms with Crippen LogP contribution in [-0.2, 0) is 0 Å². The van der Waals surface area contributed by atoms with Crippen LogP contribution in [-0.4, -0.2) is 19.1 Å². The number of nitrogens with zero attached hydrogens (tertiary/aromatic N) is 2. The highest BCUT2D eigenvalue weighted by molar-refractivity contribution is 5.55. The van der Waals surface area contributed by atoms with Crippen LogP contribution in [0.4, 0.5) is 10.1 Å². The van der Waals surface area contributed by atoms with Crippen molar-refractivity contribution in [2.45, 2.75) is 78.1 Å². The van der Waals surface area contributed by atoms with Crippen LogP contribution >= 0.6 is 0 Å². The van der Waals surface area contributed by atoms with Gasteiger partial charge in [-0.3, -0.25) is 4.98 Å². The van der Waals surface area contributed by atoms with Crippen molar-refractivity contribution < 1.29 is 4.39 Å². The third-order valence-electron chi connectivity index (χ3n) is 5.67. The Bertz CT molecular complexity index is 763. The van der Waals surface area contributed by atoms with Crippen LogP contribution in [0.25, 0.3) is 0 Å². The second-order valence-corrected chi connectivity index (χ2v) is 9.00. The topological polar surface area (TPSA) is 16.1 Å². The van der Waals surface area contributed by atoms with Gasteiger partial charge in [0.2, 0.25) is 0 Å². The van der Waals surface area contributed by atoms with E-state index in [1.54, 1.807) is 12.1 Å². The SMILES string of the molecule is CC(C)c1nc(C(C)C)c(N(C)C)cc1C(C)CCC(C)c1ccc(F)cc1. The van der Waals surface area contributed by atoms with Crippen LogP contribution in [0, 0.1) is 5.82 Å². The van der Waals surface area contributed by atoms with E-state index in [2.05, 4.69) is 66.6 Å². The zero-order chi connectivity index (χ0) is 21.0. The number of aromatic nitrogens is 1. The average molecular weight is 385 g/mol. The van der Waals surface area contributed by atoms with Gasteiger partial charge in [-0.15, -0.1) is 0 Å². The molecule has 0 aliphatic rings. The third-order valence-corrected chi connectivity index (χ3v) is 5.67. The number of pyridine rings is 1. The molecule has 1 aromatic carbocycles. The molecule has 0 aliphatic heterocycles. The van der Waals surface area contributed by atoms with Gasteiger partial charge in [0.25, 0.3) is 0 Å². The normalized spacial score (nSPS) is 13.8. The second kappa shape index (κ2) is 9.54. The highest BCUT2D eigenvalue weighted by atomic mass is 19.1. The lowest BCUT2D eigenvalue weighted by Gasteiger charge is -2.26. The highest BCUT2D eigenvalue weighted by Crippen LogP contribution is 2.36. The molecular formula is C25H37FN2. The third kappa shape index (κ3) is 5.33. The molecular weight excluding hydrogens is 347 g/mol. The van der Waals surface area contributed by atoms with Crippen molar-refractivity contribution in [3.8, 4) is 0 Å². The predicted octanol–water partition coefficient (Wildman–Crippen LogP) is 7.22. The van der Waals surface area contributed by atoms with E-state index in [1.165, 1.54) is 28.2 Å². The first kappa shape index (κ1) is 22.4. The zero-order valence-electron chi connectivity index (χ0n) is 18.9. The monoisotopic (exact) mass is 384 g/mol. The first-order valence-corrected chi connectivity index (χ1v) is 10.6. The van der Waals surface area contributed by atoms with Gasteiger partial charge >= 0.3 is 0 Å². The Morgan fingerprint density at radius 1 is 0.821 bits per heavy atom. The number of hydrogen-bond acceptors (Lipinski definition) is 2. The van der Waals surface area contributed by atoms with Crippen molar-refractivity contribution in [1.82, 2.24) is 4.98 Å². The molecule has 28 heavy (non-hydrogen) atoms. The van der Waals surface area contributed by atoms with Crippen molar-refractivity contribution >= 4 is 5.69 Å². The molecule has 0 saturated carbocycles. The summed E-state index contributed by atoms with van der Waals surface area (Å²) < 4.78 is 13.2. The molecule has 0 aliphatic carbocycles. The molecule has 2 rings (SSSR count). The Hall–Kier alpha value is -1.90. The van der Waals surface area contributed by atoms with Gasteiger partial charge in [-0.05, 0) is 65.8 Å². The van der Waals surface area contributed by atoms with Gasteiger partial charge in [0.15, 0.2) is 0 Å². The van der Waals surface area contributed by atoms with Crippen LogP contribution in [0.1, 0.15) is 101 Å². The summed E-state index contributed by atoms with van der Waals surface area (Å²) in [5.41, 5.74) is 6.22. The smallest absolute Gasteiger partial charge is 0.123 e. The molecule has 2 unspecified atom stereocenters. The van der Waals surface area contributed by atoms with Crippen LogP contribution < -0.4 is 4.90 Å². The van der Waals surface area contributed by atoms with Crippen LogP contribution in [0.3, 0.4) is 0 Å². The van der Waals surface area contributed by atoms with E-state index < -0.39 is 0 Å². The van der Waals surface area contributed by atoms with Gasteiger partial charge in [0.05, 0.1) is 11.4 Å². The number of hydrogen-bond donors (Lipinski definition) is 0. The Labute approximate surface area is 171 Å². The number of halogens is 1. The molecule has 0 amide bonds. The van der Waals surface area contributed by atoms with Crippen molar-refractivity contribution in [2.24, 2.45) is 0 Å². The summed E-state index contributed by atoms with van der Waals surface area (Å²) in [6, 6.07) is 9.31. The van der Waals surface area contributed by atoms with E-state index in [0.717, 1.165) is 12.8 Å². The van der Waals surface area contributed by atoms with Crippen molar-refractivity contribution in [1.29, 1.82) is 0 Å². The van der Waals surface area contributed by atoms with Gasteiger partial charge in [0.1, 0.15) is 5.82 Å². The summed E-state index contributed by atoms with van der Waals surface area (Å²) in [7, 11) is 4.20. The summed E-state index contributed by atoms with van der Waals surface area (Å²) in [5, 5.41) is 0. The Morgan fingerprint density at radius 3 is 1.86 bits per heavy atom. The Morgan fingerprint density at radius 2 is 1.36 bits per heavy atom. The van der Waals surface area contributed by atoms with E-state index in [1.807, 2.05) is 12.1 Å². The summed E-state index contributed by atoms with van der Waals surface area (Å²) in [5.74, 6) is 1.49. The largest absolute Gasteiger partial charge is 0.376 e. The van der Waals surface area contributed by atoms with Gasteiger partial charge in [0, 0.05) is 19.8 Å². The van der Waals surface area contributed by atoms with Crippen LogP contribution in [0.15, 0.2) is 30.3 Å². The number of benzene rings is 1. The molecule has 2 nitrogen and oxygen atoms in total. The fourth-order valence-corrected chi connectivity index (χ4v) is 3.80. The van der Waals surface area contributed by atoms with E-state index >= 15 is 0 Å². The minimum Gasteiger partial charge on any atom is -0.376 e. The molecule has 1 heterocycles. The maximum Gasteiger partial charge on any atom is 0.123 e. The summed E-state index contributed by atoms with van der Waals surface area (Å²) in [6.07, 6.45) is 2.17. The van der Waals surface area contributed by atoms with Crippen molar-refractivity contribution in [3.63, 3.8) is 0 Å². The van der Waals surface area contributed by atoms with E-state index in [4.69, 9.17) is 4.98 Å². The van der Waals surface area contributed by atoms with Gasteiger partial charge < -0.3 is 4.90 Å². The number of rotatable bonds is 8. The molecule has 0 fully saturated rings. The molecule has 0 N–H and O–H groups in total. The quantitative estimate of drug-likeness (QED) is 0.477. The molecule has 154 valence electrons. The first-order valence-electron chi connectivity index (χ1n) is 10.6. The van der Waals surface area contributed by atoms with Gasteiger partial charge in [-0.25, -0.2) is 4.39 Å². The fraction of sp³-hybridized carbons (Fsp3) is 0.560. The van der Waals surface area contributed by atoms with Crippen molar-refractivity contribution in [3.05, 3.63) is 58.7 Å². The van der Waals surface area contributed by atoms with Crippen LogP contribution in [0.2, 0.25) is 0 Å². The minimum atomic E-state index is -0.168. The lowest BCUT2D eigenvalue weighted by molar-refractivity contribution is 0.563. The van der Waals surface area contributed by atoms with Crippen molar-refractivity contribution in [2.75, 3.05) is 19.0 Å². The Balaban J connectivity index is 2.26. The van der Waals surface area contributed by atoms with Gasteiger partial charge in [-0.2, -0.15) is 0 Å². The maximum absolute atomic E-state index is 13.2. The molecule has 0 spiro atoms. The van der Waals surface area contributed by atoms with E-state index in [-0.39, 0.29) is 5.82 Å². The highest BCUT2D eigenvalue weighted by Gasteiger charge is 2.21. The van der Waals surface area contributed by atoms with E-state index in [9.17, 15) is 4.39 Å². The zero-order valence-corrected chi connectivity index (χ0v) is 18.9. The first-order chi connectivity index (χ1) is 13.1.